The number of carboxylic acids is 1. The summed E-state index contributed by atoms with van der Waals surface area (Å²) in [7, 11) is 0. The summed E-state index contributed by atoms with van der Waals surface area (Å²) in [5.74, 6) is -1.22. The third-order valence-electron chi connectivity index (χ3n) is 5.47. The Labute approximate surface area is 227 Å². The maximum Gasteiger partial charge on any atom is 0.303 e. The van der Waals surface area contributed by atoms with Gasteiger partial charge >= 0.3 is 5.97 Å². The predicted molar refractivity (Wildman–Crippen MR) is 145 cm³/mol. The summed E-state index contributed by atoms with van der Waals surface area (Å²) in [5.41, 5.74) is -0.433. The minimum atomic E-state index is -0.977. The summed E-state index contributed by atoms with van der Waals surface area (Å²) in [6.45, 7) is 0.0611. The first-order valence-electron chi connectivity index (χ1n) is 11.6. The van der Waals surface area contributed by atoms with Crippen LogP contribution in [0.15, 0.2) is 78.4 Å². The Morgan fingerprint density at radius 2 is 1.69 bits per heavy atom. The second kappa shape index (κ2) is 12.0. The van der Waals surface area contributed by atoms with Gasteiger partial charge in [0.25, 0.3) is 17.5 Å². The molecule has 1 heterocycles. The van der Waals surface area contributed by atoms with Gasteiger partial charge in [0, 0.05) is 12.5 Å². The van der Waals surface area contributed by atoms with Crippen LogP contribution < -0.4 is 19.7 Å². The average molecular weight is 548 g/mol. The van der Waals surface area contributed by atoms with Crippen molar-refractivity contribution in [3.63, 3.8) is 0 Å². The van der Waals surface area contributed by atoms with E-state index in [1.54, 1.807) is 36.4 Å². The van der Waals surface area contributed by atoms with Crippen molar-refractivity contribution < 1.29 is 33.9 Å². The number of hydrogen-bond acceptors (Lipinski definition) is 8. The van der Waals surface area contributed by atoms with Crippen LogP contribution in [0.3, 0.4) is 0 Å². The molecule has 1 fully saturated rings. The normalized spacial score (nSPS) is 14.2. The number of nitrogens with zero attached hydrogens (tertiary/aromatic N) is 2. The molecule has 39 heavy (non-hydrogen) atoms. The number of nitro groups is 1. The SMILES string of the molecule is O=C(O)CCCOc1ccc([N+](=O)[O-])c(C=C2C(=O)NC(=S)N(c3ccc(Oc4ccccc4)cc3)C2=O)c1. The Balaban J connectivity index is 1.60. The number of aliphatic carboxylic acids is 1. The Bertz CT molecular complexity index is 1470. The molecule has 1 aliphatic heterocycles. The van der Waals surface area contributed by atoms with Crippen molar-refractivity contribution in [3.8, 4) is 17.2 Å². The van der Waals surface area contributed by atoms with Crippen molar-refractivity contribution in [2.75, 3.05) is 11.5 Å². The lowest BCUT2D eigenvalue weighted by Gasteiger charge is -2.29. The number of nitro benzene ring substituents is 1. The monoisotopic (exact) mass is 547 g/mol. The first kappa shape index (κ1) is 26.9. The zero-order valence-corrected chi connectivity index (χ0v) is 21.1. The minimum Gasteiger partial charge on any atom is -0.494 e. The fraction of sp³-hybridized carbons (Fsp3) is 0.111. The number of amides is 2. The van der Waals surface area contributed by atoms with E-state index in [9.17, 15) is 24.5 Å². The number of benzene rings is 3. The Morgan fingerprint density at radius 3 is 2.36 bits per heavy atom. The Hall–Kier alpha value is -5.10. The largest absolute Gasteiger partial charge is 0.494 e. The van der Waals surface area contributed by atoms with Crippen LogP contribution in [0.1, 0.15) is 18.4 Å². The van der Waals surface area contributed by atoms with Crippen LogP contribution in [-0.4, -0.2) is 39.5 Å². The fourth-order valence-corrected chi connectivity index (χ4v) is 3.93. The van der Waals surface area contributed by atoms with Gasteiger partial charge in [-0.1, -0.05) is 18.2 Å². The van der Waals surface area contributed by atoms with Gasteiger partial charge in [-0.05, 0) is 73.2 Å². The molecule has 0 aromatic heterocycles. The Morgan fingerprint density at radius 1 is 1.03 bits per heavy atom. The fourth-order valence-electron chi connectivity index (χ4n) is 3.65. The smallest absolute Gasteiger partial charge is 0.303 e. The van der Waals surface area contributed by atoms with Crippen LogP contribution in [0.25, 0.3) is 6.08 Å². The molecule has 2 N–H and O–H groups in total. The van der Waals surface area contributed by atoms with Gasteiger partial charge in [-0.15, -0.1) is 0 Å². The van der Waals surface area contributed by atoms with Crippen molar-refractivity contribution in [2.45, 2.75) is 12.8 Å². The van der Waals surface area contributed by atoms with Gasteiger partial charge in [0.05, 0.1) is 22.8 Å². The summed E-state index contributed by atoms with van der Waals surface area (Å²) in [6.07, 6.45) is 1.22. The highest BCUT2D eigenvalue weighted by molar-refractivity contribution is 7.80. The summed E-state index contributed by atoms with van der Waals surface area (Å²) in [5, 5.41) is 22.7. The molecule has 12 heteroatoms. The number of para-hydroxylation sites is 1. The van der Waals surface area contributed by atoms with E-state index in [0.717, 1.165) is 11.0 Å². The van der Waals surface area contributed by atoms with Crippen molar-refractivity contribution in [1.82, 2.24) is 5.32 Å². The first-order chi connectivity index (χ1) is 18.7. The summed E-state index contributed by atoms with van der Waals surface area (Å²) < 4.78 is 11.3. The highest BCUT2D eigenvalue weighted by Crippen LogP contribution is 2.30. The van der Waals surface area contributed by atoms with E-state index in [-0.39, 0.29) is 47.1 Å². The van der Waals surface area contributed by atoms with Crippen LogP contribution >= 0.6 is 12.2 Å². The van der Waals surface area contributed by atoms with E-state index < -0.39 is 22.7 Å². The first-order valence-corrected chi connectivity index (χ1v) is 12.0. The predicted octanol–water partition coefficient (Wildman–Crippen LogP) is 4.46. The molecule has 0 radical (unpaired) electrons. The number of carbonyl (C=O) groups excluding carboxylic acids is 2. The van der Waals surface area contributed by atoms with Crippen molar-refractivity contribution in [1.29, 1.82) is 0 Å². The van der Waals surface area contributed by atoms with Crippen LogP contribution in [-0.2, 0) is 14.4 Å². The van der Waals surface area contributed by atoms with Crippen LogP contribution in [0, 0.1) is 10.1 Å². The molecule has 0 saturated carbocycles. The Kier molecular flexibility index (Phi) is 8.27. The number of thiocarbonyl (C=S) groups is 1. The highest BCUT2D eigenvalue weighted by Gasteiger charge is 2.35. The molecule has 1 saturated heterocycles. The number of carbonyl (C=O) groups is 3. The van der Waals surface area contributed by atoms with Crippen molar-refractivity contribution in [2.24, 2.45) is 0 Å². The minimum absolute atomic E-state index is 0.0476. The maximum atomic E-state index is 13.4. The topological polar surface area (TPSA) is 148 Å². The van der Waals surface area contributed by atoms with E-state index in [0.29, 0.717) is 17.2 Å². The van der Waals surface area contributed by atoms with Gasteiger partial charge in [0.1, 0.15) is 22.8 Å². The van der Waals surface area contributed by atoms with E-state index in [2.05, 4.69) is 5.32 Å². The van der Waals surface area contributed by atoms with E-state index >= 15 is 0 Å². The molecule has 1 aliphatic rings. The van der Waals surface area contributed by atoms with Gasteiger partial charge in [0.15, 0.2) is 5.11 Å². The van der Waals surface area contributed by atoms with E-state index in [1.165, 1.54) is 18.2 Å². The quantitative estimate of drug-likeness (QED) is 0.0937. The lowest BCUT2D eigenvalue weighted by atomic mass is 10.0. The molecule has 11 nitrogen and oxygen atoms in total. The molecule has 3 aromatic rings. The second-order valence-corrected chi connectivity index (χ2v) is 8.58. The number of ether oxygens (including phenoxy) is 2. The summed E-state index contributed by atoms with van der Waals surface area (Å²) in [4.78, 5) is 48.8. The number of nitrogens with one attached hydrogen (secondary N) is 1. The summed E-state index contributed by atoms with van der Waals surface area (Å²) in [6, 6.07) is 19.4. The summed E-state index contributed by atoms with van der Waals surface area (Å²) >= 11 is 5.23. The van der Waals surface area contributed by atoms with Gasteiger partial charge in [0.2, 0.25) is 0 Å². The number of hydrogen-bond donors (Lipinski definition) is 2. The maximum absolute atomic E-state index is 13.4. The molecule has 3 aromatic carbocycles. The molecule has 0 aliphatic carbocycles. The van der Waals surface area contributed by atoms with Gasteiger partial charge in [-0.2, -0.15) is 0 Å². The molecule has 0 unspecified atom stereocenters. The highest BCUT2D eigenvalue weighted by atomic mass is 32.1. The molecule has 0 atom stereocenters. The molecule has 0 spiro atoms. The standard InChI is InChI=1S/C27H21N3O8S/c31-24(32)7-4-14-37-21-12-13-23(30(35)36)17(15-21)16-22-25(33)28-27(39)29(26(22)34)18-8-10-20(11-9-18)38-19-5-2-1-3-6-19/h1-3,5-6,8-13,15-16H,4,7,14H2,(H,31,32)(H,28,33,39). The van der Waals surface area contributed by atoms with Gasteiger partial charge in [-0.3, -0.25) is 34.7 Å². The third kappa shape index (κ3) is 6.62. The molecule has 198 valence electrons. The van der Waals surface area contributed by atoms with Crippen LogP contribution in [0.5, 0.6) is 17.2 Å². The average Bonchev–Trinajstić information content (AvgIpc) is 2.90. The lowest BCUT2D eigenvalue weighted by Crippen LogP contribution is -2.54. The van der Waals surface area contributed by atoms with Gasteiger partial charge in [-0.25, -0.2) is 0 Å². The molecule has 4 rings (SSSR count). The zero-order chi connectivity index (χ0) is 27.9. The molecule has 0 bridgehead atoms. The number of anilines is 1. The molecule has 2 amide bonds. The number of rotatable bonds is 10. The van der Waals surface area contributed by atoms with Crippen molar-refractivity contribution >= 4 is 52.6 Å². The van der Waals surface area contributed by atoms with E-state index in [1.807, 2.05) is 18.2 Å². The van der Waals surface area contributed by atoms with Gasteiger partial charge < -0.3 is 14.6 Å². The van der Waals surface area contributed by atoms with Crippen LogP contribution in [0.2, 0.25) is 0 Å². The zero-order valence-electron chi connectivity index (χ0n) is 20.2. The molecular weight excluding hydrogens is 526 g/mol. The lowest BCUT2D eigenvalue weighted by molar-refractivity contribution is -0.385. The number of carboxylic acid groups (broad SMARTS) is 1. The molecular formula is C27H21N3O8S. The van der Waals surface area contributed by atoms with Crippen molar-refractivity contribution in [3.05, 3.63) is 94.0 Å². The third-order valence-corrected chi connectivity index (χ3v) is 5.76. The second-order valence-electron chi connectivity index (χ2n) is 8.19. The van der Waals surface area contributed by atoms with E-state index in [4.69, 9.17) is 26.8 Å². The van der Waals surface area contributed by atoms with Crippen LogP contribution in [0.4, 0.5) is 11.4 Å².